The van der Waals surface area contributed by atoms with E-state index in [9.17, 15) is 31.5 Å². The molecule has 1 fully saturated rings. The lowest BCUT2D eigenvalue weighted by atomic mass is 9.95. The van der Waals surface area contributed by atoms with E-state index >= 15 is 13.2 Å². The Balaban J connectivity index is 1.55. The highest BCUT2D eigenvalue weighted by Crippen LogP contribution is 2.45. The number of aromatic nitrogens is 2. The van der Waals surface area contributed by atoms with Gasteiger partial charge < -0.3 is 24.1 Å². The van der Waals surface area contributed by atoms with Crippen LogP contribution in [0.3, 0.4) is 0 Å². The summed E-state index contributed by atoms with van der Waals surface area (Å²) in [6.45, 7) is 5.68. The molecule has 2 aromatic carbocycles. The van der Waals surface area contributed by atoms with Crippen molar-refractivity contribution < 1.29 is 58.6 Å². The van der Waals surface area contributed by atoms with Gasteiger partial charge in [0.25, 0.3) is 17.7 Å². The summed E-state index contributed by atoms with van der Waals surface area (Å²) in [5.41, 5.74) is -2.94. The first kappa shape index (κ1) is 36.8. The van der Waals surface area contributed by atoms with Gasteiger partial charge in [-0.1, -0.05) is 19.1 Å². The zero-order valence-corrected chi connectivity index (χ0v) is 27.2. The number of carbonyl (C=O) groups is 2. The summed E-state index contributed by atoms with van der Waals surface area (Å²) in [5, 5.41) is 9.77. The summed E-state index contributed by atoms with van der Waals surface area (Å²) >= 11 is 0. The number of hydrogen-bond donors (Lipinski definition) is 1. The molecule has 0 aliphatic carbocycles. The zero-order valence-electron chi connectivity index (χ0n) is 27.2. The normalized spacial score (nSPS) is 21.0. The molecule has 3 heterocycles. The molecule has 2 amide bonds. The molecule has 272 valence electrons. The van der Waals surface area contributed by atoms with Crippen LogP contribution in [0.25, 0.3) is 11.5 Å². The molecular weight excluding hydrogens is 686 g/mol. The molecule has 2 atom stereocenters. The SMILES string of the molecule is CCN1CC(c2nnc(-c3cc4c(cc3F)C(F)(F)CC(NC(=O)OC(C)(C)C)C(=O)N4Cc3ccc(OC(F)(F)F)cc3)o2)CC(F)(F)C1. The van der Waals surface area contributed by atoms with E-state index in [0.29, 0.717) is 12.6 Å². The highest BCUT2D eigenvalue weighted by molar-refractivity contribution is 6.00. The third kappa shape index (κ3) is 8.62. The Labute approximate surface area is 280 Å². The number of nitrogens with one attached hydrogen (secondary N) is 1. The maximum Gasteiger partial charge on any atom is 0.573 e. The van der Waals surface area contributed by atoms with Gasteiger partial charge in [0.15, 0.2) is 0 Å². The smallest absolute Gasteiger partial charge is 0.444 e. The molecule has 0 saturated carbocycles. The number of piperidine rings is 1. The predicted molar refractivity (Wildman–Crippen MR) is 160 cm³/mol. The third-order valence-electron chi connectivity index (χ3n) is 7.93. The van der Waals surface area contributed by atoms with Gasteiger partial charge >= 0.3 is 12.5 Å². The summed E-state index contributed by atoms with van der Waals surface area (Å²) in [6.07, 6.45) is -8.10. The van der Waals surface area contributed by atoms with Gasteiger partial charge in [-0.3, -0.25) is 9.69 Å². The monoisotopic (exact) mass is 719 g/mol. The molecule has 0 bridgehead atoms. The van der Waals surface area contributed by atoms with Crippen LogP contribution in [0.4, 0.5) is 45.6 Å². The summed E-state index contributed by atoms with van der Waals surface area (Å²) < 4.78 is 129. The van der Waals surface area contributed by atoms with Crippen LogP contribution in [0.2, 0.25) is 0 Å². The van der Waals surface area contributed by atoms with E-state index in [0.717, 1.165) is 35.2 Å². The molecule has 0 radical (unpaired) electrons. The minimum absolute atomic E-state index is 0.143. The van der Waals surface area contributed by atoms with E-state index in [1.54, 1.807) is 6.92 Å². The average molecular weight is 720 g/mol. The summed E-state index contributed by atoms with van der Waals surface area (Å²) in [7, 11) is 0. The summed E-state index contributed by atoms with van der Waals surface area (Å²) in [6, 6.07) is 3.62. The number of amides is 2. The summed E-state index contributed by atoms with van der Waals surface area (Å²) in [4.78, 5) is 28.8. The van der Waals surface area contributed by atoms with Crippen molar-refractivity contribution in [2.45, 2.75) is 82.8 Å². The highest BCUT2D eigenvalue weighted by atomic mass is 19.4. The fraction of sp³-hybridized carbons (Fsp3) is 0.500. The van der Waals surface area contributed by atoms with Crippen molar-refractivity contribution in [3.63, 3.8) is 0 Å². The molecule has 10 nitrogen and oxygen atoms in total. The first-order valence-corrected chi connectivity index (χ1v) is 15.4. The van der Waals surface area contributed by atoms with E-state index in [1.807, 2.05) is 0 Å². The van der Waals surface area contributed by atoms with Gasteiger partial charge in [-0.15, -0.1) is 23.4 Å². The van der Waals surface area contributed by atoms with Crippen molar-refractivity contribution in [1.82, 2.24) is 20.4 Å². The van der Waals surface area contributed by atoms with Crippen molar-refractivity contribution in [2.24, 2.45) is 0 Å². The second-order valence-corrected chi connectivity index (χ2v) is 13.1. The minimum atomic E-state index is -4.99. The van der Waals surface area contributed by atoms with Crippen LogP contribution in [0.15, 0.2) is 40.8 Å². The van der Waals surface area contributed by atoms with Crippen LogP contribution in [-0.2, 0) is 22.0 Å². The number of likely N-dealkylation sites (N-methyl/N-ethyl adjacent to an activating group) is 1. The Kier molecular flexibility index (Phi) is 9.81. The van der Waals surface area contributed by atoms with E-state index in [2.05, 4.69) is 20.3 Å². The standard InChI is InChI=1S/C32H33F8N5O5/c1-5-44-15-18(12-30(34,35)16-44)25-42-43-26(48-25)20-10-24-21(11-22(20)33)31(36,37)13-23(41-28(47)50-29(2,3)4)27(46)45(24)14-17-6-8-19(9-7-17)49-32(38,39)40/h6-11,18,23H,5,12-16H2,1-4H3,(H,41,47). The van der Waals surface area contributed by atoms with Crippen molar-refractivity contribution in [3.8, 4) is 17.2 Å². The topological polar surface area (TPSA) is 110 Å². The minimum Gasteiger partial charge on any atom is -0.444 e. The van der Waals surface area contributed by atoms with Gasteiger partial charge in [0.1, 0.15) is 23.2 Å². The van der Waals surface area contributed by atoms with Crippen molar-refractivity contribution in [1.29, 1.82) is 0 Å². The van der Waals surface area contributed by atoms with E-state index in [1.165, 1.54) is 25.7 Å². The Morgan fingerprint density at radius 2 is 1.74 bits per heavy atom. The summed E-state index contributed by atoms with van der Waals surface area (Å²) in [5.74, 6) is -11.6. The van der Waals surface area contributed by atoms with Gasteiger partial charge in [-0.25, -0.2) is 26.7 Å². The number of fused-ring (bicyclic) bond motifs is 1. The molecule has 0 spiro atoms. The van der Waals surface area contributed by atoms with Crippen LogP contribution in [0, 0.1) is 5.82 Å². The van der Waals surface area contributed by atoms with Crippen molar-refractivity contribution in [3.05, 3.63) is 59.2 Å². The van der Waals surface area contributed by atoms with Crippen LogP contribution in [-0.4, -0.2) is 70.7 Å². The quantitative estimate of drug-likeness (QED) is 0.257. The van der Waals surface area contributed by atoms with Gasteiger partial charge in [0.05, 0.1) is 30.3 Å². The fourth-order valence-corrected chi connectivity index (χ4v) is 5.81. The molecule has 1 saturated heterocycles. The Morgan fingerprint density at radius 3 is 2.36 bits per heavy atom. The van der Waals surface area contributed by atoms with E-state index < -0.39 is 108 Å². The number of halogens is 8. The molecule has 50 heavy (non-hydrogen) atoms. The number of nitrogens with zero attached hydrogens (tertiary/aromatic N) is 4. The van der Waals surface area contributed by atoms with Crippen LogP contribution in [0.5, 0.6) is 5.75 Å². The van der Waals surface area contributed by atoms with Crippen molar-refractivity contribution in [2.75, 3.05) is 24.5 Å². The molecule has 5 rings (SSSR count). The maximum atomic E-state index is 15.9. The lowest BCUT2D eigenvalue weighted by Gasteiger charge is -2.35. The second kappa shape index (κ2) is 13.3. The molecule has 3 aromatic rings. The van der Waals surface area contributed by atoms with Crippen LogP contribution >= 0.6 is 0 Å². The Morgan fingerprint density at radius 1 is 1.06 bits per heavy atom. The number of likely N-dealkylation sites (tertiary alicyclic amines) is 1. The molecule has 1 aromatic heterocycles. The van der Waals surface area contributed by atoms with Gasteiger partial charge in [0.2, 0.25) is 11.8 Å². The maximum absolute atomic E-state index is 15.9. The molecule has 18 heteroatoms. The molecule has 2 aliphatic rings. The van der Waals surface area contributed by atoms with Gasteiger partial charge in [-0.2, -0.15) is 0 Å². The number of rotatable bonds is 7. The number of carbonyl (C=O) groups excluding carboxylic acids is 2. The number of alkyl halides is 7. The fourth-order valence-electron chi connectivity index (χ4n) is 5.81. The second-order valence-electron chi connectivity index (χ2n) is 13.1. The van der Waals surface area contributed by atoms with E-state index in [-0.39, 0.29) is 18.0 Å². The number of alkyl carbamates (subject to hydrolysis) is 1. The average Bonchev–Trinajstić information content (AvgIpc) is 3.45. The van der Waals surface area contributed by atoms with Crippen LogP contribution < -0.4 is 15.0 Å². The molecule has 1 N–H and O–H groups in total. The lowest BCUT2D eigenvalue weighted by Crippen LogP contribution is -2.49. The number of anilines is 1. The first-order chi connectivity index (χ1) is 23.1. The lowest BCUT2D eigenvalue weighted by molar-refractivity contribution is -0.274. The number of benzene rings is 2. The Hall–Kier alpha value is -4.48. The zero-order chi connectivity index (χ0) is 36.8. The first-order valence-electron chi connectivity index (χ1n) is 15.4. The number of ether oxygens (including phenoxy) is 2. The van der Waals surface area contributed by atoms with Crippen LogP contribution in [0.1, 0.15) is 63.5 Å². The molecular formula is C32H33F8N5O5. The molecule has 2 unspecified atom stereocenters. The largest absolute Gasteiger partial charge is 0.573 e. The van der Waals surface area contributed by atoms with Crippen molar-refractivity contribution >= 4 is 17.7 Å². The molecule has 2 aliphatic heterocycles. The predicted octanol–water partition coefficient (Wildman–Crippen LogP) is 7.14. The third-order valence-corrected chi connectivity index (χ3v) is 7.93. The Bertz CT molecular complexity index is 1720. The van der Waals surface area contributed by atoms with Gasteiger partial charge in [0, 0.05) is 24.9 Å². The van der Waals surface area contributed by atoms with E-state index in [4.69, 9.17) is 9.15 Å². The highest BCUT2D eigenvalue weighted by Gasteiger charge is 2.47. The van der Waals surface area contributed by atoms with Gasteiger partial charge in [-0.05, 0) is 57.1 Å². The number of hydrogen-bond acceptors (Lipinski definition) is 8.